The Morgan fingerprint density at radius 3 is 2.94 bits per heavy atom. The molecule has 7 nitrogen and oxygen atoms in total. The van der Waals surface area contributed by atoms with E-state index < -0.39 is 4.92 Å². The molecule has 0 aliphatic rings. The summed E-state index contributed by atoms with van der Waals surface area (Å²) >= 11 is 1.35. The molecule has 0 aliphatic carbocycles. The number of nitrogens with zero attached hydrogens (tertiary/aromatic N) is 5. The van der Waals surface area contributed by atoms with E-state index in [2.05, 4.69) is 15.3 Å². The van der Waals surface area contributed by atoms with Crippen LogP contribution in [0.15, 0.2) is 24.3 Å². The van der Waals surface area contributed by atoms with E-state index in [4.69, 9.17) is 0 Å². The van der Waals surface area contributed by atoms with Crippen LogP contribution in [0.5, 0.6) is 0 Å². The lowest BCUT2D eigenvalue weighted by Crippen LogP contribution is -1.90. The van der Waals surface area contributed by atoms with Gasteiger partial charge in [0.25, 0.3) is 5.69 Å². The van der Waals surface area contributed by atoms with Gasteiger partial charge in [-0.1, -0.05) is 23.5 Å². The molecule has 0 N–H and O–H groups in total. The Balaban J connectivity index is 2.13. The first-order valence-electron chi connectivity index (χ1n) is 5.09. The number of rotatable bonds is 2. The molecule has 0 saturated carbocycles. The molecule has 0 unspecified atom stereocenters. The highest BCUT2D eigenvalue weighted by atomic mass is 32.1. The largest absolute Gasteiger partial charge is 0.270 e. The Bertz CT molecular complexity index is 748. The summed E-state index contributed by atoms with van der Waals surface area (Å²) in [7, 11) is 0. The van der Waals surface area contributed by atoms with Crippen LogP contribution in [0.25, 0.3) is 15.5 Å². The lowest BCUT2D eigenvalue weighted by atomic mass is 10.2. The molecule has 3 aromatic rings. The fraction of sp³-hybridized carbons (Fsp3) is 0.100. The van der Waals surface area contributed by atoms with Crippen molar-refractivity contribution in [2.24, 2.45) is 0 Å². The van der Waals surface area contributed by atoms with Gasteiger partial charge < -0.3 is 0 Å². The summed E-state index contributed by atoms with van der Waals surface area (Å²) in [5, 5.41) is 23.6. The first-order chi connectivity index (χ1) is 8.65. The van der Waals surface area contributed by atoms with Crippen molar-refractivity contribution < 1.29 is 4.92 Å². The van der Waals surface area contributed by atoms with Crippen LogP contribution in [0.4, 0.5) is 5.69 Å². The van der Waals surface area contributed by atoms with Gasteiger partial charge in [0.15, 0.2) is 5.82 Å². The van der Waals surface area contributed by atoms with Gasteiger partial charge >= 0.3 is 0 Å². The third kappa shape index (κ3) is 1.63. The van der Waals surface area contributed by atoms with Crippen LogP contribution in [0.1, 0.15) is 5.82 Å². The molecule has 8 heteroatoms. The standard InChI is InChI=1S/C10H7N5O2S/c1-6-11-12-10-14(6)13-9(18-10)7-3-2-4-8(5-7)15(16)17/h2-5H,1H3. The molecule has 0 amide bonds. The summed E-state index contributed by atoms with van der Waals surface area (Å²) in [6.07, 6.45) is 0. The number of hydrogen-bond donors (Lipinski definition) is 0. The summed E-state index contributed by atoms with van der Waals surface area (Å²) in [6.45, 7) is 1.80. The minimum Gasteiger partial charge on any atom is -0.258 e. The predicted octanol–water partition coefficient (Wildman–Crippen LogP) is 2.07. The molecule has 18 heavy (non-hydrogen) atoms. The van der Waals surface area contributed by atoms with Crippen molar-refractivity contribution in [3.63, 3.8) is 0 Å². The van der Waals surface area contributed by atoms with Crippen molar-refractivity contribution in [3.8, 4) is 10.6 Å². The van der Waals surface area contributed by atoms with Crippen LogP contribution in [-0.4, -0.2) is 24.7 Å². The smallest absolute Gasteiger partial charge is 0.258 e. The summed E-state index contributed by atoms with van der Waals surface area (Å²) < 4.78 is 1.62. The number of non-ortho nitro benzene ring substituents is 1. The van der Waals surface area contributed by atoms with E-state index in [0.29, 0.717) is 21.4 Å². The maximum atomic E-state index is 10.7. The average Bonchev–Trinajstić information content (AvgIpc) is 2.92. The van der Waals surface area contributed by atoms with Crippen LogP contribution in [0.3, 0.4) is 0 Å². The topological polar surface area (TPSA) is 86.2 Å². The quantitative estimate of drug-likeness (QED) is 0.520. The van der Waals surface area contributed by atoms with Crippen molar-refractivity contribution >= 4 is 22.0 Å². The van der Waals surface area contributed by atoms with Gasteiger partial charge in [0, 0.05) is 17.7 Å². The Morgan fingerprint density at radius 2 is 2.22 bits per heavy atom. The molecule has 3 rings (SSSR count). The fourth-order valence-electron chi connectivity index (χ4n) is 1.58. The van der Waals surface area contributed by atoms with E-state index in [1.165, 1.54) is 23.5 Å². The van der Waals surface area contributed by atoms with E-state index in [9.17, 15) is 10.1 Å². The second-order valence-corrected chi connectivity index (χ2v) is 4.61. The second-order valence-electron chi connectivity index (χ2n) is 3.66. The summed E-state index contributed by atoms with van der Waals surface area (Å²) in [4.78, 5) is 11.0. The first-order valence-corrected chi connectivity index (χ1v) is 5.90. The van der Waals surface area contributed by atoms with Crippen LogP contribution >= 0.6 is 11.3 Å². The number of aryl methyl sites for hydroxylation is 1. The minimum absolute atomic E-state index is 0.0511. The molecule has 0 fully saturated rings. The van der Waals surface area contributed by atoms with E-state index in [1.807, 2.05) is 0 Å². The van der Waals surface area contributed by atoms with E-state index in [0.717, 1.165) is 0 Å². The maximum absolute atomic E-state index is 10.7. The molecular weight excluding hydrogens is 254 g/mol. The highest BCUT2D eigenvalue weighted by molar-refractivity contribution is 7.19. The molecule has 90 valence electrons. The van der Waals surface area contributed by atoms with Gasteiger partial charge in [-0.05, 0) is 6.92 Å². The van der Waals surface area contributed by atoms with Crippen LogP contribution < -0.4 is 0 Å². The van der Waals surface area contributed by atoms with E-state index in [1.54, 1.807) is 23.6 Å². The lowest BCUT2D eigenvalue weighted by molar-refractivity contribution is -0.384. The number of hydrogen-bond acceptors (Lipinski definition) is 6. The van der Waals surface area contributed by atoms with E-state index in [-0.39, 0.29) is 5.69 Å². The van der Waals surface area contributed by atoms with Gasteiger partial charge in [0.1, 0.15) is 5.01 Å². The second kappa shape index (κ2) is 3.84. The van der Waals surface area contributed by atoms with Gasteiger partial charge in [0.05, 0.1) is 4.92 Å². The van der Waals surface area contributed by atoms with Crippen molar-refractivity contribution in [1.29, 1.82) is 0 Å². The van der Waals surface area contributed by atoms with Gasteiger partial charge in [-0.2, -0.15) is 9.61 Å². The number of aromatic nitrogens is 4. The Morgan fingerprint density at radius 1 is 1.39 bits per heavy atom. The number of nitro groups is 1. The van der Waals surface area contributed by atoms with Gasteiger partial charge in [-0.25, -0.2) is 0 Å². The Labute approximate surface area is 105 Å². The third-order valence-electron chi connectivity index (χ3n) is 2.45. The monoisotopic (exact) mass is 261 g/mol. The normalized spacial score (nSPS) is 10.9. The van der Waals surface area contributed by atoms with E-state index >= 15 is 0 Å². The zero-order valence-corrected chi connectivity index (χ0v) is 10.1. The molecule has 0 bridgehead atoms. The Hall–Kier alpha value is -2.35. The van der Waals surface area contributed by atoms with Gasteiger partial charge in [-0.15, -0.1) is 10.2 Å². The van der Waals surface area contributed by atoms with Crippen LogP contribution in [0.2, 0.25) is 0 Å². The predicted molar refractivity (Wildman–Crippen MR) is 65.5 cm³/mol. The highest BCUT2D eigenvalue weighted by Crippen LogP contribution is 2.27. The molecule has 0 radical (unpaired) electrons. The average molecular weight is 261 g/mol. The number of benzene rings is 1. The number of nitro benzene ring substituents is 1. The molecule has 2 aromatic heterocycles. The highest BCUT2D eigenvalue weighted by Gasteiger charge is 2.13. The van der Waals surface area contributed by atoms with Crippen molar-refractivity contribution in [1.82, 2.24) is 19.8 Å². The minimum atomic E-state index is -0.422. The fourth-order valence-corrected chi connectivity index (χ4v) is 2.47. The summed E-state index contributed by atoms with van der Waals surface area (Å²) in [5.41, 5.74) is 0.759. The summed E-state index contributed by atoms with van der Waals surface area (Å²) in [6, 6.07) is 6.38. The van der Waals surface area contributed by atoms with Crippen molar-refractivity contribution in [3.05, 3.63) is 40.2 Å². The third-order valence-corrected chi connectivity index (χ3v) is 3.40. The molecule has 0 atom stereocenters. The van der Waals surface area contributed by atoms with Gasteiger partial charge in [0.2, 0.25) is 4.96 Å². The maximum Gasteiger partial charge on any atom is 0.270 e. The molecule has 2 heterocycles. The molecule has 0 spiro atoms. The van der Waals surface area contributed by atoms with Crippen LogP contribution in [0, 0.1) is 17.0 Å². The lowest BCUT2D eigenvalue weighted by Gasteiger charge is -1.95. The summed E-state index contributed by atoms with van der Waals surface area (Å²) in [5.74, 6) is 0.693. The number of fused-ring (bicyclic) bond motifs is 1. The molecular formula is C10H7N5O2S. The van der Waals surface area contributed by atoms with Crippen molar-refractivity contribution in [2.45, 2.75) is 6.92 Å². The van der Waals surface area contributed by atoms with Gasteiger partial charge in [-0.3, -0.25) is 10.1 Å². The van der Waals surface area contributed by atoms with Crippen LogP contribution in [-0.2, 0) is 0 Å². The van der Waals surface area contributed by atoms with Crippen molar-refractivity contribution in [2.75, 3.05) is 0 Å². The SMILES string of the molecule is Cc1nnc2sc(-c3cccc([N+](=O)[O-])c3)nn12. The zero-order chi connectivity index (χ0) is 12.7. The Kier molecular flexibility index (Phi) is 2.30. The molecule has 0 aliphatic heterocycles. The molecule has 0 saturated heterocycles. The molecule has 1 aromatic carbocycles. The zero-order valence-electron chi connectivity index (χ0n) is 9.27. The first kappa shape index (κ1) is 10.8.